The topological polar surface area (TPSA) is 25.2 Å². The second-order valence-corrected chi connectivity index (χ2v) is 5.27. The number of fused-ring (bicyclic) bond motifs is 1. The molecule has 0 unspecified atom stereocenters. The molecule has 0 saturated heterocycles. The van der Waals surface area contributed by atoms with Gasteiger partial charge in [-0.3, -0.25) is 0 Å². The first-order valence-electron chi connectivity index (χ1n) is 5.62. The van der Waals surface area contributed by atoms with Crippen LogP contribution in [0.15, 0.2) is 52.9 Å². The van der Waals surface area contributed by atoms with E-state index in [4.69, 9.17) is 12.4 Å². The SMILES string of the molecule is S=Nc1ccccc1Cc1nc2ccccc2s1. The largest absolute Gasteiger partial charge is 0.241 e. The zero-order valence-electron chi connectivity index (χ0n) is 9.54. The molecule has 88 valence electrons. The van der Waals surface area contributed by atoms with E-state index in [1.165, 1.54) is 4.70 Å². The molecular weight excluding hydrogens is 260 g/mol. The summed E-state index contributed by atoms with van der Waals surface area (Å²) in [7, 11) is 0. The van der Waals surface area contributed by atoms with E-state index in [0.29, 0.717) is 0 Å². The van der Waals surface area contributed by atoms with Crippen LogP contribution in [0.2, 0.25) is 0 Å². The first-order valence-corrected chi connectivity index (χ1v) is 6.81. The predicted molar refractivity (Wildman–Crippen MR) is 78.3 cm³/mol. The quantitative estimate of drug-likeness (QED) is 0.711. The van der Waals surface area contributed by atoms with Crippen molar-refractivity contribution in [3.8, 4) is 0 Å². The molecule has 2 aromatic carbocycles. The molecule has 1 aromatic heterocycles. The Morgan fingerprint density at radius 2 is 1.83 bits per heavy atom. The minimum Gasteiger partial charge on any atom is -0.241 e. The third-order valence-electron chi connectivity index (χ3n) is 2.77. The van der Waals surface area contributed by atoms with E-state index >= 15 is 0 Å². The number of aromatic nitrogens is 1. The highest BCUT2D eigenvalue weighted by molar-refractivity contribution is 7.47. The fraction of sp³-hybridized carbons (Fsp3) is 0.0714. The van der Waals surface area contributed by atoms with Gasteiger partial charge in [-0.15, -0.1) is 11.3 Å². The van der Waals surface area contributed by atoms with Crippen molar-refractivity contribution in [3.05, 3.63) is 59.1 Å². The highest BCUT2D eigenvalue weighted by atomic mass is 32.1. The fourth-order valence-corrected chi connectivity index (χ4v) is 3.08. The molecule has 0 radical (unpaired) electrons. The number of hydrogen-bond acceptors (Lipinski definition) is 4. The minimum absolute atomic E-state index is 0.787. The van der Waals surface area contributed by atoms with Crippen LogP contribution in [0.4, 0.5) is 5.69 Å². The van der Waals surface area contributed by atoms with Gasteiger partial charge in [0.25, 0.3) is 0 Å². The molecule has 3 rings (SSSR count). The van der Waals surface area contributed by atoms with Gasteiger partial charge in [-0.1, -0.05) is 30.3 Å². The summed E-state index contributed by atoms with van der Waals surface area (Å²) < 4.78 is 5.10. The molecule has 4 heteroatoms. The monoisotopic (exact) mass is 270 g/mol. The van der Waals surface area contributed by atoms with Gasteiger partial charge in [-0.2, -0.15) is 4.36 Å². The van der Waals surface area contributed by atoms with Crippen molar-refractivity contribution < 1.29 is 0 Å². The van der Waals surface area contributed by atoms with Crippen molar-refractivity contribution in [2.75, 3.05) is 0 Å². The van der Waals surface area contributed by atoms with Gasteiger partial charge in [0.15, 0.2) is 0 Å². The normalized spacial score (nSPS) is 10.7. The average molecular weight is 270 g/mol. The molecule has 0 atom stereocenters. The Morgan fingerprint density at radius 3 is 2.67 bits per heavy atom. The molecule has 0 aliphatic rings. The lowest BCUT2D eigenvalue weighted by molar-refractivity contribution is 1.15. The van der Waals surface area contributed by atoms with E-state index in [1.807, 2.05) is 36.4 Å². The predicted octanol–water partition coefficient (Wildman–Crippen LogP) is 4.25. The molecule has 3 aromatic rings. The molecule has 0 spiro atoms. The van der Waals surface area contributed by atoms with Crippen LogP contribution in [0.3, 0.4) is 0 Å². The molecule has 0 saturated carbocycles. The number of hydrogen-bond donors (Lipinski definition) is 0. The Bertz CT molecular complexity index is 671. The van der Waals surface area contributed by atoms with Crippen LogP contribution >= 0.6 is 11.3 Å². The van der Waals surface area contributed by atoms with Crippen molar-refractivity contribution in [1.29, 1.82) is 0 Å². The lowest BCUT2D eigenvalue weighted by Crippen LogP contribution is -1.87. The second kappa shape index (κ2) is 4.92. The van der Waals surface area contributed by atoms with Gasteiger partial charge in [0.1, 0.15) is 0 Å². The Balaban J connectivity index is 1.98. The highest BCUT2D eigenvalue weighted by Gasteiger charge is 2.06. The van der Waals surface area contributed by atoms with Crippen LogP contribution in [0.5, 0.6) is 0 Å². The van der Waals surface area contributed by atoms with E-state index < -0.39 is 0 Å². The van der Waals surface area contributed by atoms with Crippen LogP contribution in [0, 0.1) is 0 Å². The second-order valence-electron chi connectivity index (χ2n) is 3.97. The van der Waals surface area contributed by atoms with Crippen LogP contribution in [0.25, 0.3) is 10.2 Å². The molecule has 0 fully saturated rings. The molecule has 0 bridgehead atoms. The summed E-state index contributed by atoms with van der Waals surface area (Å²) in [6.45, 7) is 0. The smallest absolute Gasteiger partial charge is 0.0983 e. The maximum absolute atomic E-state index is 4.79. The molecule has 2 nitrogen and oxygen atoms in total. The average Bonchev–Trinajstić information content (AvgIpc) is 2.81. The van der Waals surface area contributed by atoms with Crippen molar-refractivity contribution in [3.63, 3.8) is 0 Å². The van der Waals surface area contributed by atoms with Crippen molar-refractivity contribution in [2.24, 2.45) is 4.36 Å². The lowest BCUT2D eigenvalue weighted by Gasteiger charge is -2.00. The van der Waals surface area contributed by atoms with E-state index in [1.54, 1.807) is 11.3 Å². The Kier molecular flexibility index (Phi) is 3.13. The van der Waals surface area contributed by atoms with E-state index in [9.17, 15) is 0 Å². The number of benzene rings is 2. The van der Waals surface area contributed by atoms with E-state index in [-0.39, 0.29) is 0 Å². The van der Waals surface area contributed by atoms with Crippen LogP contribution in [0.1, 0.15) is 10.6 Å². The number of nitrogens with zero attached hydrogens (tertiary/aromatic N) is 2. The Labute approximate surface area is 114 Å². The van der Waals surface area contributed by atoms with Crippen LogP contribution in [-0.2, 0) is 18.8 Å². The first kappa shape index (κ1) is 11.4. The van der Waals surface area contributed by atoms with Crippen LogP contribution in [-0.4, -0.2) is 4.98 Å². The summed E-state index contributed by atoms with van der Waals surface area (Å²) in [5.74, 6) is 0. The van der Waals surface area contributed by atoms with Gasteiger partial charge in [0.05, 0.1) is 20.9 Å². The summed E-state index contributed by atoms with van der Waals surface area (Å²) in [4.78, 5) is 4.63. The number of rotatable bonds is 3. The molecule has 0 N–H and O–H groups in total. The molecule has 0 aliphatic heterocycles. The first-order chi connectivity index (χ1) is 8.86. The molecule has 18 heavy (non-hydrogen) atoms. The van der Waals surface area contributed by atoms with Gasteiger partial charge in [-0.25, -0.2) is 4.98 Å². The summed E-state index contributed by atoms with van der Waals surface area (Å²) in [5.41, 5.74) is 3.06. The maximum Gasteiger partial charge on any atom is 0.0983 e. The summed E-state index contributed by atoms with van der Waals surface area (Å²) >= 11 is 6.52. The summed E-state index contributed by atoms with van der Waals surface area (Å²) in [6, 6.07) is 16.1. The van der Waals surface area contributed by atoms with Gasteiger partial charge < -0.3 is 0 Å². The third kappa shape index (κ3) is 2.17. The van der Waals surface area contributed by atoms with Crippen molar-refractivity contribution in [2.45, 2.75) is 6.42 Å². The standard InChI is InChI=1S/C14H10N2S2/c17-16-11-6-2-1-5-10(11)9-14-15-12-7-3-4-8-13(12)18-14/h1-8H,9H2. The van der Waals surface area contributed by atoms with Crippen molar-refractivity contribution in [1.82, 2.24) is 4.98 Å². The zero-order valence-corrected chi connectivity index (χ0v) is 11.2. The van der Waals surface area contributed by atoms with Gasteiger partial charge >= 0.3 is 0 Å². The van der Waals surface area contributed by atoms with E-state index in [2.05, 4.69) is 21.5 Å². The summed E-state index contributed by atoms with van der Waals surface area (Å²) in [5, 5.41) is 1.10. The molecule has 0 amide bonds. The number of thiazole rings is 1. The van der Waals surface area contributed by atoms with Crippen molar-refractivity contribution >= 4 is 39.7 Å². The highest BCUT2D eigenvalue weighted by Crippen LogP contribution is 2.26. The Hall–Kier alpha value is -1.65. The van der Waals surface area contributed by atoms with Gasteiger partial charge in [0, 0.05) is 18.8 Å². The molecule has 0 aliphatic carbocycles. The summed E-state index contributed by atoms with van der Waals surface area (Å²) in [6.07, 6.45) is 0.787. The zero-order chi connectivity index (χ0) is 12.4. The van der Waals surface area contributed by atoms with Gasteiger partial charge in [-0.05, 0) is 23.8 Å². The fourth-order valence-electron chi connectivity index (χ4n) is 1.91. The van der Waals surface area contributed by atoms with E-state index in [0.717, 1.165) is 28.2 Å². The number of para-hydroxylation sites is 1. The Morgan fingerprint density at radius 1 is 1.06 bits per heavy atom. The lowest BCUT2D eigenvalue weighted by atomic mass is 10.1. The maximum atomic E-state index is 4.79. The minimum atomic E-state index is 0.787. The molecular formula is C14H10N2S2. The van der Waals surface area contributed by atoms with Crippen LogP contribution < -0.4 is 0 Å². The molecule has 1 heterocycles. The van der Waals surface area contributed by atoms with Gasteiger partial charge in [0.2, 0.25) is 0 Å². The third-order valence-corrected chi connectivity index (χ3v) is 4.00.